The van der Waals surface area contributed by atoms with E-state index in [-0.39, 0.29) is 0 Å². The first-order valence-electron chi connectivity index (χ1n) is 7.03. The van der Waals surface area contributed by atoms with Crippen LogP contribution in [0, 0.1) is 0 Å². The maximum Gasteiger partial charge on any atom is 0.158 e. The van der Waals surface area contributed by atoms with E-state index < -0.39 is 0 Å². The summed E-state index contributed by atoms with van der Waals surface area (Å²) < 4.78 is 5.42. The van der Waals surface area contributed by atoms with Crippen molar-refractivity contribution in [3.8, 4) is 0 Å². The Bertz CT molecular complexity index is 403. The summed E-state index contributed by atoms with van der Waals surface area (Å²) in [6.45, 7) is 8.20. The molecule has 0 saturated heterocycles. The molecule has 0 bridgehead atoms. The largest absolute Gasteiger partial charge is 0.374 e. The molecule has 1 aromatic heterocycles. The van der Waals surface area contributed by atoms with Crippen molar-refractivity contribution in [3.05, 3.63) is 11.9 Å². The van der Waals surface area contributed by atoms with Crippen LogP contribution in [0.4, 0.5) is 11.6 Å². The molecule has 6 heteroatoms. The fraction of sp³-hybridized carbons (Fsp3) is 0.714. The molecule has 0 spiro atoms. The average Bonchev–Trinajstić information content (AvgIpc) is 2.44. The molecule has 0 aromatic carbocycles. The van der Waals surface area contributed by atoms with Crippen LogP contribution in [0.15, 0.2) is 6.07 Å². The van der Waals surface area contributed by atoms with Gasteiger partial charge < -0.3 is 15.0 Å². The van der Waals surface area contributed by atoms with E-state index in [4.69, 9.17) is 4.74 Å². The van der Waals surface area contributed by atoms with E-state index in [2.05, 4.69) is 47.3 Å². The third kappa shape index (κ3) is 5.17. The van der Waals surface area contributed by atoms with Crippen molar-refractivity contribution in [2.45, 2.75) is 33.4 Å². The molecule has 1 unspecified atom stereocenters. The van der Waals surface area contributed by atoms with Gasteiger partial charge in [-0.3, -0.25) is 0 Å². The van der Waals surface area contributed by atoms with Crippen molar-refractivity contribution >= 4 is 23.4 Å². The molecular weight excluding hydrogens is 272 g/mol. The zero-order valence-electron chi connectivity index (χ0n) is 13.1. The Morgan fingerprint density at radius 2 is 2.15 bits per heavy atom. The second-order valence-electron chi connectivity index (χ2n) is 4.61. The van der Waals surface area contributed by atoms with Crippen LogP contribution in [0.3, 0.4) is 0 Å². The van der Waals surface area contributed by atoms with E-state index >= 15 is 0 Å². The van der Waals surface area contributed by atoms with Gasteiger partial charge in [-0.05, 0) is 27.0 Å². The Balaban J connectivity index is 2.94. The van der Waals surface area contributed by atoms with Gasteiger partial charge in [0.2, 0.25) is 0 Å². The number of hydrogen-bond donors (Lipinski definition) is 1. The molecule has 1 heterocycles. The molecule has 1 N–H and O–H groups in total. The number of aromatic nitrogens is 2. The van der Waals surface area contributed by atoms with Gasteiger partial charge in [0.25, 0.3) is 0 Å². The lowest BCUT2D eigenvalue weighted by molar-refractivity contribution is 0.128. The highest BCUT2D eigenvalue weighted by molar-refractivity contribution is 7.98. The Kier molecular flexibility index (Phi) is 7.69. The fourth-order valence-corrected chi connectivity index (χ4v) is 2.48. The minimum atomic E-state index is 0.425. The zero-order chi connectivity index (χ0) is 15.0. The van der Waals surface area contributed by atoms with E-state index in [1.54, 1.807) is 0 Å². The summed E-state index contributed by atoms with van der Waals surface area (Å²) in [5.41, 5.74) is 0. The predicted molar refractivity (Wildman–Crippen MR) is 87.8 cm³/mol. The van der Waals surface area contributed by atoms with Crippen molar-refractivity contribution in [1.82, 2.24) is 9.97 Å². The second kappa shape index (κ2) is 9.02. The molecule has 0 radical (unpaired) electrons. The predicted octanol–water partition coefficient (Wildman–Crippen LogP) is 2.63. The van der Waals surface area contributed by atoms with Gasteiger partial charge in [0.15, 0.2) is 5.82 Å². The van der Waals surface area contributed by atoms with Crippen LogP contribution in [0.25, 0.3) is 0 Å². The van der Waals surface area contributed by atoms with Crippen LogP contribution in [0.2, 0.25) is 0 Å². The number of thioether (sulfide) groups is 1. The van der Waals surface area contributed by atoms with E-state index in [1.807, 2.05) is 24.8 Å². The standard InChI is InChI=1S/C14H26N4OS/c1-6-15-12-8-14(18(4)11(3)10-20-5)17-13(16-12)9-19-7-2/h8,11H,6-7,9-10H2,1-5H3,(H,15,16,17). The van der Waals surface area contributed by atoms with E-state index in [0.29, 0.717) is 19.3 Å². The third-order valence-electron chi connectivity index (χ3n) is 2.98. The zero-order valence-corrected chi connectivity index (χ0v) is 14.0. The number of hydrogen-bond acceptors (Lipinski definition) is 6. The van der Waals surface area contributed by atoms with Crippen LogP contribution in [0.1, 0.15) is 26.6 Å². The van der Waals surface area contributed by atoms with Gasteiger partial charge in [-0.25, -0.2) is 9.97 Å². The van der Waals surface area contributed by atoms with Gasteiger partial charge in [-0.15, -0.1) is 0 Å². The number of nitrogens with zero attached hydrogens (tertiary/aromatic N) is 3. The van der Waals surface area contributed by atoms with Crippen LogP contribution in [0.5, 0.6) is 0 Å². The number of nitrogens with one attached hydrogen (secondary N) is 1. The van der Waals surface area contributed by atoms with Gasteiger partial charge in [0.1, 0.15) is 18.2 Å². The first kappa shape index (κ1) is 17.0. The lowest BCUT2D eigenvalue weighted by Gasteiger charge is -2.26. The Morgan fingerprint density at radius 3 is 2.75 bits per heavy atom. The van der Waals surface area contributed by atoms with Gasteiger partial charge in [-0.1, -0.05) is 0 Å². The quantitative estimate of drug-likeness (QED) is 0.756. The number of anilines is 2. The molecule has 114 valence electrons. The van der Waals surface area contributed by atoms with Crippen LogP contribution in [-0.2, 0) is 11.3 Å². The van der Waals surface area contributed by atoms with Crippen molar-refractivity contribution in [1.29, 1.82) is 0 Å². The minimum absolute atomic E-state index is 0.425. The number of ether oxygens (including phenoxy) is 1. The van der Waals surface area contributed by atoms with E-state index in [1.165, 1.54) is 0 Å². The van der Waals surface area contributed by atoms with Gasteiger partial charge in [0.05, 0.1) is 0 Å². The van der Waals surface area contributed by atoms with Crippen LogP contribution >= 0.6 is 11.8 Å². The fourth-order valence-electron chi connectivity index (χ4n) is 1.77. The Morgan fingerprint density at radius 1 is 1.40 bits per heavy atom. The molecule has 0 fully saturated rings. The molecule has 0 aliphatic carbocycles. The molecular formula is C14H26N4OS. The molecule has 1 aromatic rings. The molecule has 20 heavy (non-hydrogen) atoms. The van der Waals surface area contributed by atoms with Gasteiger partial charge in [-0.2, -0.15) is 11.8 Å². The highest BCUT2D eigenvalue weighted by atomic mass is 32.2. The molecule has 0 aliphatic rings. The first-order valence-corrected chi connectivity index (χ1v) is 8.43. The Labute approximate surface area is 126 Å². The smallest absolute Gasteiger partial charge is 0.158 e. The maximum atomic E-state index is 5.42. The van der Waals surface area contributed by atoms with E-state index in [0.717, 1.165) is 29.8 Å². The summed E-state index contributed by atoms with van der Waals surface area (Å²) in [5.74, 6) is 3.59. The molecule has 1 rings (SSSR count). The van der Waals surface area contributed by atoms with Crippen LogP contribution < -0.4 is 10.2 Å². The summed E-state index contributed by atoms with van der Waals surface area (Å²) >= 11 is 1.84. The van der Waals surface area contributed by atoms with Crippen molar-refractivity contribution in [3.63, 3.8) is 0 Å². The molecule has 5 nitrogen and oxygen atoms in total. The Hall–Kier alpha value is -1.01. The first-order chi connectivity index (χ1) is 9.62. The molecule has 0 saturated carbocycles. The summed E-state index contributed by atoms with van der Waals surface area (Å²) in [6.07, 6.45) is 2.12. The van der Waals surface area contributed by atoms with Crippen molar-refractivity contribution in [2.24, 2.45) is 0 Å². The maximum absolute atomic E-state index is 5.42. The summed E-state index contributed by atoms with van der Waals surface area (Å²) in [7, 11) is 2.07. The van der Waals surface area contributed by atoms with Crippen LogP contribution in [-0.4, -0.2) is 48.2 Å². The highest BCUT2D eigenvalue weighted by Crippen LogP contribution is 2.18. The second-order valence-corrected chi connectivity index (χ2v) is 5.52. The molecule has 0 amide bonds. The molecule has 0 aliphatic heterocycles. The normalized spacial score (nSPS) is 12.2. The summed E-state index contributed by atoms with van der Waals surface area (Å²) in [5, 5.41) is 3.25. The third-order valence-corrected chi connectivity index (χ3v) is 3.80. The average molecular weight is 298 g/mol. The van der Waals surface area contributed by atoms with Gasteiger partial charge >= 0.3 is 0 Å². The SMILES string of the molecule is CCNc1cc(N(C)C(C)CSC)nc(COCC)n1. The highest BCUT2D eigenvalue weighted by Gasteiger charge is 2.13. The number of rotatable bonds is 9. The lowest BCUT2D eigenvalue weighted by Crippen LogP contribution is -2.32. The topological polar surface area (TPSA) is 50.3 Å². The van der Waals surface area contributed by atoms with E-state index in [9.17, 15) is 0 Å². The minimum Gasteiger partial charge on any atom is -0.374 e. The van der Waals surface area contributed by atoms with Crippen molar-refractivity contribution < 1.29 is 4.74 Å². The monoisotopic (exact) mass is 298 g/mol. The van der Waals surface area contributed by atoms with Gasteiger partial charge in [0, 0.05) is 38.1 Å². The molecule has 1 atom stereocenters. The summed E-state index contributed by atoms with van der Waals surface area (Å²) in [4.78, 5) is 11.3. The van der Waals surface area contributed by atoms with Crippen molar-refractivity contribution in [2.75, 3.05) is 42.4 Å². The lowest BCUT2D eigenvalue weighted by atomic mass is 10.3. The summed E-state index contributed by atoms with van der Waals surface area (Å²) in [6, 6.07) is 2.42.